The topological polar surface area (TPSA) is 237 Å². The molecule has 0 bridgehead atoms. The summed E-state index contributed by atoms with van der Waals surface area (Å²) in [7, 11) is -9.91. The molecule has 3 N–H and O–H groups in total. The molecule has 17 nitrogen and oxygen atoms in total. The average Bonchev–Trinajstić information content (AvgIpc) is 0.978. The Bertz CT molecular complexity index is 1890. The summed E-state index contributed by atoms with van der Waals surface area (Å²) in [5.74, 6) is -1.35. The van der Waals surface area contributed by atoms with Crippen molar-refractivity contribution in [3.05, 3.63) is 0 Å². The summed E-state index contributed by atoms with van der Waals surface area (Å²) in [6.07, 6.45) is 64.1. The first-order valence-electron chi connectivity index (χ1n) is 41.6. The van der Waals surface area contributed by atoms with Gasteiger partial charge >= 0.3 is 39.5 Å². The Morgan fingerprint density at radius 2 is 0.465 bits per heavy atom. The second kappa shape index (κ2) is 73.0. The first kappa shape index (κ1) is 97.1. The lowest BCUT2D eigenvalue weighted by Crippen LogP contribution is -2.30. The lowest BCUT2D eigenvalue weighted by molar-refractivity contribution is -0.161. The third kappa shape index (κ3) is 74.1. The number of ether oxygens (including phenoxy) is 4. The molecule has 588 valence electrons. The van der Waals surface area contributed by atoms with Crippen LogP contribution in [0.3, 0.4) is 0 Å². The number of carbonyl (C=O) groups excluding carboxylic acids is 4. The number of carbonyl (C=O) groups is 4. The van der Waals surface area contributed by atoms with E-state index in [1.165, 1.54) is 238 Å². The number of aliphatic hydroxyl groups excluding tert-OH is 1. The number of aliphatic hydroxyl groups is 1. The zero-order chi connectivity index (χ0) is 72.7. The van der Waals surface area contributed by atoms with Gasteiger partial charge in [-0.3, -0.25) is 37.3 Å². The smallest absolute Gasteiger partial charge is 0.462 e. The number of esters is 4. The first-order valence-corrected chi connectivity index (χ1v) is 44.6. The number of hydrogen-bond acceptors (Lipinski definition) is 15. The highest BCUT2D eigenvalue weighted by Crippen LogP contribution is 2.45. The van der Waals surface area contributed by atoms with E-state index in [1.807, 2.05) is 0 Å². The van der Waals surface area contributed by atoms with Crippen LogP contribution in [0.4, 0.5) is 0 Å². The van der Waals surface area contributed by atoms with E-state index < -0.39 is 97.5 Å². The van der Waals surface area contributed by atoms with Gasteiger partial charge in [-0.25, -0.2) is 9.13 Å². The molecule has 0 aromatic heterocycles. The van der Waals surface area contributed by atoms with Crippen LogP contribution in [0.15, 0.2) is 0 Å². The molecule has 0 heterocycles. The summed E-state index contributed by atoms with van der Waals surface area (Å²) in [6, 6.07) is 0. The molecule has 0 amide bonds. The zero-order valence-corrected chi connectivity index (χ0v) is 66.4. The van der Waals surface area contributed by atoms with E-state index in [4.69, 9.17) is 37.0 Å². The molecule has 0 aliphatic rings. The second-order valence-corrected chi connectivity index (χ2v) is 32.2. The fourth-order valence-corrected chi connectivity index (χ4v) is 14.0. The van der Waals surface area contributed by atoms with Crippen LogP contribution in [0.2, 0.25) is 0 Å². The summed E-state index contributed by atoms with van der Waals surface area (Å²) >= 11 is 0. The maximum absolute atomic E-state index is 13.1. The van der Waals surface area contributed by atoms with Gasteiger partial charge in [0.25, 0.3) is 0 Å². The molecule has 99 heavy (non-hydrogen) atoms. The van der Waals surface area contributed by atoms with Crippen LogP contribution in [0.5, 0.6) is 0 Å². The predicted octanol–water partition coefficient (Wildman–Crippen LogP) is 24.0. The highest BCUT2D eigenvalue weighted by molar-refractivity contribution is 7.47. The van der Waals surface area contributed by atoms with Crippen LogP contribution in [0.1, 0.15) is 426 Å². The number of phosphoric ester groups is 2. The van der Waals surface area contributed by atoms with Crippen molar-refractivity contribution < 1.29 is 80.2 Å². The highest BCUT2D eigenvalue weighted by atomic mass is 31.2. The van der Waals surface area contributed by atoms with Gasteiger partial charge < -0.3 is 33.8 Å². The van der Waals surface area contributed by atoms with Crippen molar-refractivity contribution >= 4 is 39.5 Å². The van der Waals surface area contributed by atoms with Crippen LogP contribution in [-0.2, 0) is 65.4 Å². The molecule has 0 aliphatic heterocycles. The van der Waals surface area contributed by atoms with Crippen LogP contribution in [0, 0.1) is 5.92 Å². The van der Waals surface area contributed by atoms with E-state index in [-0.39, 0.29) is 25.7 Å². The van der Waals surface area contributed by atoms with Gasteiger partial charge in [-0.2, -0.15) is 0 Å². The molecule has 0 fully saturated rings. The third-order valence-electron chi connectivity index (χ3n) is 18.8. The Labute approximate surface area is 607 Å². The van der Waals surface area contributed by atoms with Crippen LogP contribution in [-0.4, -0.2) is 96.7 Å². The standard InChI is InChI=1S/C80H156O17P2/c1-6-9-12-15-18-20-22-24-26-28-30-32-34-36-40-44-49-54-59-64-78(83)91-70-76(97-79(84)65-60-55-50-45-41-37-35-33-31-29-27-25-23-21-19-16-13-10-7-2)72-95-99(88,89)93-68-74(81)67-92-98(86,87)94-71-75(69-90-77(82)63-58-53-47-17-14-11-8-3)96-80(85)66-61-56-51-46-42-38-39-43-48-52-57-62-73(4)5/h73-76,81H,6-72H2,1-5H3,(H,86,87)(H,88,89)/t74-,75+,76+/m0/s1. The maximum Gasteiger partial charge on any atom is 0.472 e. The van der Waals surface area contributed by atoms with Crippen molar-refractivity contribution in [2.75, 3.05) is 39.6 Å². The van der Waals surface area contributed by atoms with E-state index in [9.17, 15) is 43.2 Å². The van der Waals surface area contributed by atoms with Gasteiger partial charge in [0, 0.05) is 25.7 Å². The van der Waals surface area contributed by atoms with E-state index >= 15 is 0 Å². The Morgan fingerprint density at radius 1 is 0.273 bits per heavy atom. The van der Waals surface area contributed by atoms with Gasteiger partial charge in [-0.15, -0.1) is 0 Å². The highest BCUT2D eigenvalue weighted by Gasteiger charge is 2.30. The summed E-state index contributed by atoms with van der Waals surface area (Å²) in [5, 5.41) is 10.6. The van der Waals surface area contributed by atoms with Crippen molar-refractivity contribution in [2.45, 2.75) is 445 Å². The molecule has 0 spiro atoms. The van der Waals surface area contributed by atoms with Gasteiger partial charge in [0.2, 0.25) is 0 Å². The summed E-state index contributed by atoms with van der Waals surface area (Å²) in [5.41, 5.74) is 0. The minimum atomic E-state index is -4.96. The number of hydrogen-bond donors (Lipinski definition) is 3. The maximum atomic E-state index is 13.1. The van der Waals surface area contributed by atoms with Gasteiger partial charge in [-0.05, 0) is 31.6 Å². The quantitative estimate of drug-likeness (QED) is 0.0222. The molecule has 0 saturated heterocycles. The molecule has 0 radical (unpaired) electrons. The lowest BCUT2D eigenvalue weighted by Gasteiger charge is -2.21. The minimum absolute atomic E-state index is 0.107. The Morgan fingerprint density at radius 3 is 0.687 bits per heavy atom. The van der Waals surface area contributed by atoms with E-state index in [0.29, 0.717) is 25.7 Å². The van der Waals surface area contributed by atoms with Gasteiger partial charge in [0.05, 0.1) is 26.4 Å². The molecule has 5 atom stereocenters. The van der Waals surface area contributed by atoms with Crippen LogP contribution >= 0.6 is 15.6 Å². The third-order valence-corrected chi connectivity index (χ3v) is 20.7. The van der Waals surface area contributed by atoms with Crippen molar-refractivity contribution in [2.24, 2.45) is 5.92 Å². The second-order valence-electron chi connectivity index (χ2n) is 29.3. The molecular formula is C80H156O17P2. The fourth-order valence-electron chi connectivity index (χ4n) is 12.4. The normalized spacial score (nSPS) is 13.9. The zero-order valence-electron chi connectivity index (χ0n) is 64.6. The van der Waals surface area contributed by atoms with Crippen molar-refractivity contribution in [1.29, 1.82) is 0 Å². The van der Waals surface area contributed by atoms with Crippen molar-refractivity contribution in [1.82, 2.24) is 0 Å². The summed E-state index contributed by atoms with van der Waals surface area (Å²) in [4.78, 5) is 72.8. The van der Waals surface area contributed by atoms with Crippen molar-refractivity contribution in [3.8, 4) is 0 Å². The van der Waals surface area contributed by atoms with Gasteiger partial charge in [0.15, 0.2) is 12.2 Å². The Balaban J connectivity index is 5.17. The first-order chi connectivity index (χ1) is 48.0. The molecule has 2 unspecified atom stereocenters. The van der Waals surface area contributed by atoms with Gasteiger partial charge in [0.1, 0.15) is 19.3 Å². The average molecular weight is 1450 g/mol. The SMILES string of the molecule is CCCCCCCCCCCCCCCCCCCCCC(=O)OC[C@H](COP(=O)(O)OC[C@@H](O)COP(=O)(O)OC[C@@H](COC(=O)CCCCCCCCC)OC(=O)CCCCCCCCCCCCCC(C)C)OC(=O)CCCCCCCCCCCCCCCCCCCCC. The molecule has 19 heteroatoms. The molecule has 0 aliphatic carbocycles. The van der Waals surface area contributed by atoms with Crippen LogP contribution in [0.25, 0.3) is 0 Å². The molecule has 0 rings (SSSR count). The summed E-state index contributed by atoms with van der Waals surface area (Å²) < 4.78 is 68.6. The number of unbranched alkanes of at least 4 members (excludes halogenated alkanes) is 52. The van der Waals surface area contributed by atoms with Crippen molar-refractivity contribution in [3.63, 3.8) is 0 Å². The number of phosphoric acid groups is 2. The molecule has 0 aromatic carbocycles. The monoisotopic (exact) mass is 1450 g/mol. The summed E-state index contributed by atoms with van der Waals surface area (Å²) in [6.45, 7) is 7.28. The van der Waals surface area contributed by atoms with Gasteiger partial charge in [-0.1, -0.05) is 375 Å². The molecular weight excluding hydrogens is 1290 g/mol. The molecule has 0 saturated carbocycles. The molecule has 0 aromatic rings. The fraction of sp³-hybridized carbons (Fsp3) is 0.950. The Kier molecular flexibility index (Phi) is 71.6. The predicted molar refractivity (Wildman–Crippen MR) is 405 cm³/mol. The van der Waals surface area contributed by atoms with E-state index in [0.717, 1.165) is 109 Å². The lowest BCUT2D eigenvalue weighted by atomic mass is 10.0. The van der Waals surface area contributed by atoms with E-state index in [1.54, 1.807) is 0 Å². The Hall–Kier alpha value is -1.94. The van der Waals surface area contributed by atoms with E-state index in [2.05, 4.69) is 34.6 Å². The van der Waals surface area contributed by atoms with Crippen LogP contribution < -0.4 is 0 Å². The number of rotatable bonds is 80. The largest absolute Gasteiger partial charge is 0.472 e. The minimum Gasteiger partial charge on any atom is -0.462 e.